The number of piperidine rings is 3. The third-order valence-corrected chi connectivity index (χ3v) is 4.14. The van der Waals surface area contributed by atoms with E-state index in [0.29, 0.717) is 24.5 Å². The van der Waals surface area contributed by atoms with E-state index in [1.165, 1.54) is 12.8 Å². The van der Waals surface area contributed by atoms with Crippen molar-refractivity contribution in [3.63, 3.8) is 0 Å². The molecule has 2 N–H and O–H groups in total. The molecule has 6 heteroatoms. The number of hydrogen-bond donors (Lipinski definition) is 2. The maximum atomic E-state index is 12.0. The second-order valence-corrected chi connectivity index (χ2v) is 5.31. The zero-order valence-electron chi connectivity index (χ0n) is 10.3. The summed E-state index contributed by atoms with van der Waals surface area (Å²) in [5.74, 6) is 0.376. The number of carbonyl (C=O) groups excluding carboxylic acids is 2. The Balaban J connectivity index is 1.59. The largest absolute Gasteiger partial charge is 0.347 e. The van der Waals surface area contributed by atoms with Gasteiger partial charge in [0.05, 0.1) is 0 Å². The molecule has 6 nitrogen and oxygen atoms in total. The van der Waals surface area contributed by atoms with Gasteiger partial charge in [-0.15, -0.1) is 0 Å². The van der Waals surface area contributed by atoms with Crippen molar-refractivity contribution in [2.75, 3.05) is 19.6 Å². The molecule has 0 spiro atoms. The van der Waals surface area contributed by atoms with Crippen LogP contribution in [0, 0.1) is 5.92 Å². The van der Waals surface area contributed by atoms with Gasteiger partial charge in [-0.25, -0.2) is 5.43 Å². The minimum atomic E-state index is -0.117. The maximum Gasteiger partial charge on any atom is 0.267 e. The fourth-order valence-corrected chi connectivity index (χ4v) is 3.02. The van der Waals surface area contributed by atoms with Crippen molar-refractivity contribution in [1.82, 2.24) is 15.6 Å². The lowest BCUT2D eigenvalue weighted by molar-refractivity contribution is -0.121. The van der Waals surface area contributed by atoms with Gasteiger partial charge in [-0.2, -0.15) is 5.10 Å². The molecule has 0 aliphatic carbocycles. The van der Waals surface area contributed by atoms with Crippen LogP contribution in [0.25, 0.3) is 0 Å². The van der Waals surface area contributed by atoms with Crippen LogP contribution in [0.3, 0.4) is 0 Å². The summed E-state index contributed by atoms with van der Waals surface area (Å²) in [5.41, 5.74) is 2.81. The number of hydrogen-bond acceptors (Lipinski definition) is 4. The Morgan fingerprint density at radius 3 is 2.67 bits per heavy atom. The highest BCUT2D eigenvalue weighted by atomic mass is 16.2. The van der Waals surface area contributed by atoms with Crippen LogP contribution in [0.1, 0.15) is 25.7 Å². The minimum Gasteiger partial charge on any atom is -0.347 e. The molecule has 3 saturated heterocycles. The summed E-state index contributed by atoms with van der Waals surface area (Å²) < 4.78 is 0. The van der Waals surface area contributed by atoms with Crippen LogP contribution < -0.4 is 10.7 Å². The Morgan fingerprint density at radius 2 is 2.11 bits per heavy atom. The molecule has 3 fully saturated rings. The number of amides is 2. The summed E-state index contributed by atoms with van der Waals surface area (Å²) in [4.78, 5) is 25.4. The lowest BCUT2D eigenvalue weighted by atomic mass is 9.84. The summed E-state index contributed by atoms with van der Waals surface area (Å²) in [6, 6.07) is 0.250. The minimum absolute atomic E-state index is 0.116. The standard InChI is InChI=1S/C12H18N4O2/c17-11-2-1-9(14-15-11)12(18)13-10-7-16-5-3-8(10)4-6-16/h8,10H,1-7H2,(H,13,18)(H,15,17). The molecule has 4 rings (SSSR count). The summed E-state index contributed by atoms with van der Waals surface area (Å²) in [7, 11) is 0. The van der Waals surface area contributed by atoms with Crippen LogP contribution in [0.4, 0.5) is 0 Å². The van der Waals surface area contributed by atoms with E-state index < -0.39 is 0 Å². The van der Waals surface area contributed by atoms with Gasteiger partial charge in [0.1, 0.15) is 5.71 Å². The average Bonchev–Trinajstić information content (AvgIpc) is 2.41. The summed E-state index contributed by atoms with van der Waals surface area (Å²) in [6.07, 6.45) is 3.15. The topological polar surface area (TPSA) is 73.8 Å². The van der Waals surface area contributed by atoms with Gasteiger partial charge in [-0.3, -0.25) is 9.59 Å². The Morgan fingerprint density at radius 1 is 1.33 bits per heavy atom. The number of rotatable bonds is 2. The number of nitrogens with one attached hydrogen (secondary N) is 2. The molecule has 0 saturated carbocycles. The Labute approximate surface area is 106 Å². The van der Waals surface area contributed by atoms with Gasteiger partial charge in [-0.05, 0) is 31.8 Å². The molecule has 18 heavy (non-hydrogen) atoms. The Kier molecular flexibility index (Phi) is 3.03. The van der Waals surface area contributed by atoms with Gasteiger partial charge in [0.15, 0.2) is 0 Å². The molecular weight excluding hydrogens is 232 g/mol. The van der Waals surface area contributed by atoms with Crippen LogP contribution in [0.15, 0.2) is 5.10 Å². The zero-order chi connectivity index (χ0) is 12.5. The van der Waals surface area contributed by atoms with E-state index in [1.807, 2.05) is 0 Å². The summed E-state index contributed by atoms with van der Waals surface area (Å²) in [6.45, 7) is 3.28. The molecule has 2 bridgehead atoms. The molecule has 4 heterocycles. The summed E-state index contributed by atoms with van der Waals surface area (Å²) in [5, 5.41) is 6.90. The third-order valence-electron chi connectivity index (χ3n) is 4.14. The number of carbonyl (C=O) groups is 2. The molecule has 98 valence electrons. The third kappa shape index (κ3) is 2.25. The molecule has 2 amide bonds. The first-order valence-electron chi connectivity index (χ1n) is 6.61. The van der Waals surface area contributed by atoms with E-state index >= 15 is 0 Å². The van der Waals surface area contributed by atoms with Gasteiger partial charge < -0.3 is 10.2 Å². The van der Waals surface area contributed by atoms with E-state index in [-0.39, 0.29) is 17.9 Å². The monoisotopic (exact) mass is 250 g/mol. The van der Waals surface area contributed by atoms with Crippen LogP contribution in [-0.4, -0.2) is 48.1 Å². The first kappa shape index (κ1) is 11.6. The first-order valence-corrected chi connectivity index (χ1v) is 6.61. The second kappa shape index (κ2) is 4.68. The smallest absolute Gasteiger partial charge is 0.267 e. The van der Waals surface area contributed by atoms with E-state index in [1.54, 1.807) is 0 Å². The quantitative estimate of drug-likeness (QED) is 0.691. The molecule has 0 aromatic carbocycles. The number of nitrogens with zero attached hydrogens (tertiary/aromatic N) is 2. The molecular formula is C12H18N4O2. The van der Waals surface area contributed by atoms with E-state index in [2.05, 4.69) is 20.7 Å². The van der Waals surface area contributed by atoms with Crippen molar-refractivity contribution in [2.45, 2.75) is 31.7 Å². The highest BCUT2D eigenvalue weighted by Crippen LogP contribution is 2.27. The molecule has 4 aliphatic rings. The number of fused-ring (bicyclic) bond motifs is 3. The van der Waals surface area contributed by atoms with Crippen molar-refractivity contribution in [3.8, 4) is 0 Å². The highest BCUT2D eigenvalue weighted by molar-refractivity contribution is 6.39. The molecule has 4 aliphatic heterocycles. The van der Waals surface area contributed by atoms with Crippen molar-refractivity contribution in [3.05, 3.63) is 0 Å². The van der Waals surface area contributed by atoms with Gasteiger partial charge in [0, 0.05) is 25.4 Å². The van der Waals surface area contributed by atoms with Crippen LogP contribution in [0.2, 0.25) is 0 Å². The van der Waals surface area contributed by atoms with E-state index in [0.717, 1.165) is 19.6 Å². The van der Waals surface area contributed by atoms with Gasteiger partial charge >= 0.3 is 0 Å². The van der Waals surface area contributed by atoms with Crippen LogP contribution in [0.5, 0.6) is 0 Å². The normalized spacial score (nSPS) is 34.8. The van der Waals surface area contributed by atoms with Gasteiger partial charge in [0.2, 0.25) is 5.91 Å². The van der Waals surface area contributed by atoms with E-state index in [4.69, 9.17) is 0 Å². The van der Waals surface area contributed by atoms with Gasteiger partial charge in [-0.1, -0.05) is 0 Å². The predicted octanol–water partition coefficient (Wildman–Crippen LogP) is -0.537. The lowest BCUT2D eigenvalue weighted by Crippen LogP contribution is -2.58. The first-order chi connectivity index (χ1) is 8.72. The van der Waals surface area contributed by atoms with Crippen molar-refractivity contribution >= 4 is 17.5 Å². The fourth-order valence-electron chi connectivity index (χ4n) is 3.02. The molecule has 1 unspecified atom stereocenters. The lowest BCUT2D eigenvalue weighted by Gasteiger charge is -2.44. The second-order valence-electron chi connectivity index (χ2n) is 5.31. The van der Waals surface area contributed by atoms with E-state index in [9.17, 15) is 9.59 Å². The molecule has 0 aromatic rings. The zero-order valence-corrected chi connectivity index (χ0v) is 10.3. The van der Waals surface area contributed by atoms with Crippen molar-refractivity contribution in [1.29, 1.82) is 0 Å². The maximum absolute atomic E-state index is 12.0. The van der Waals surface area contributed by atoms with Crippen molar-refractivity contribution in [2.24, 2.45) is 11.0 Å². The van der Waals surface area contributed by atoms with Gasteiger partial charge in [0.25, 0.3) is 5.91 Å². The molecule has 0 aromatic heterocycles. The summed E-state index contributed by atoms with van der Waals surface area (Å²) >= 11 is 0. The van der Waals surface area contributed by atoms with Crippen molar-refractivity contribution < 1.29 is 9.59 Å². The SMILES string of the molecule is O=C1CCC(C(=O)NC2CN3CCC2CC3)=NN1. The Hall–Kier alpha value is -1.43. The van der Waals surface area contributed by atoms with Crippen LogP contribution >= 0.6 is 0 Å². The highest BCUT2D eigenvalue weighted by Gasteiger charge is 2.35. The predicted molar refractivity (Wildman–Crippen MR) is 65.9 cm³/mol. The number of hydrazone groups is 1. The molecule has 1 atom stereocenters. The molecule has 0 radical (unpaired) electrons. The van der Waals surface area contributed by atoms with Crippen LogP contribution in [-0.2, 0) is 9.59 Å². The Bertz CT molecular complexity index is 399. The average molecular weight is 250 g/mol. The fraction of sp³-hybridized carbons (Fsp3) is 0.750.